The van der Waals surface area contributed by atoms with Crippen LogP contribution in [0.15, 0.2) is 23.2 Å². The topological polar surface area (TPSA) is 29.4 Å². The van der Waals surface area contributed by atoms with Crippen LogP contribution in [0.5, 0.6) is 0 Å². The van der Waals surface area contributed by atoms with E-state index in [2.05, 4.69) is 11.7 Å². The number of hydrogen-bond donors (Lipinski definition) is 0. The number of halogens is 1. The normalized spacial score (nSPS) is 9.42. The molecule has 0 heterocycles. The van der Waals surface area contributed by atoms with E-state index in [1.54, 1.807) is 6.07 Å². The molecule has 3 heteroatoms. The Morgan fingerprint density at radius 2 is 2.33 bits per heavy atom. The number of hydrogen-bond acceptors (Lipinski definition) is 2. The van der Waals surface area contributed by atoms with E-state index in [4.69, 9.17) is 0 Å². The molecule has 0 radical (unpaired) electrons. The molecule has 0 aromatic heterocycles. The van der Waals surface area contributed by atoms with Crippen molar-refractivity contribution in [2.45, 2.75) is 6.54 Å². The van der Waals surface area contributed by atoms with Gasteiger partial charge in [0.05, 0.1) is 12.1 Å². The molecular weight excluding hydrogens is 157 g/mol. The second-order valence-electron chi connectivity index (χ2n) is 2.36. The Labute approximate surface area is 69.7 Å². The lowest BCUT2D eigenvalue weighted by molar-refractivity contribution is 0.111. The molecule has 0 unspecified atom stereocenters. The van der Waals surface area contributed by atoms with Crippen LogP contribution in [0.25, 0.3) is 0 Å². The summed E-state index contributed by atoms with van der Waals surface area (Å²) in [7, 11) is 0. The maximum atomic E-state index is 12.7. The molecule has 0 aliphatic carbocycles. The Kier molecular flexibility index (Phi) is 2.69. The van der Waals surface area contributed by atoms with Gasteiger partial charge in [0.2, 0.25) is 0 Å². The number of benzene rings is 1. The SMILES string of the molecule is C=NCc1ccc(F)c(C=O)c1. The van der Waals surface area contributed by atoms with E-state index in [-0.39, 0.29) is 5.56 Å². The van der Waals surface area contributed by atoms with Crippen LogP contribution < -0.4 is 0 Å². The number of rotatable bonds is 3. The molecule has 1 aromatic carbocycles. The van der Waals surface area contributed by atoms with Gasteiger partial charge in [-0.3, -0.25) is 9.79 Å². The minimum Gasteiger partial charge on any atom is -0.298 e. The molecule has 0 spiro atoms. The van der Waals surface area contributed by atoms with Gasteiger partial charge in [0.1, 0.15) is 5.82 Å². The van der Waals surface area contributed by atoms with Crippen molar-refractivity contribution in [2.24, 2.45) is 4.99 Å². The van der Waals surface area contributed by atoms with Crippen molar-refractivity contribution in [1.29, 1.82) is 0 Å². The van der Waals surface area contributed by atoms with Gasteiger partial charge in [0.25, 0.3) is 0 Å². The summed E-state index contributed by atoms with van der Waals surface area (Å²) < 4.78 is 12.7. The Morgan fingerprint density at radius 1 is 1.58 bits per heavy atom. The number of carbonyl (C=O) groups is 1. The van der Waals surface area contributed by atoms with E-state index in [1.807, 2.05) is 0 Å². The van der Waals surface area contributed by atoms with Crippen molar-refractivity contribution in [2.75, 3.05) is 0 Å². The fourth-order valence-electron chi connectivity index (χ4n) is 0.911. The van der Waals surface area contributed by atoms with Crippen molar-refractivity contribution >= 4 is 13.0 Å². The van der Waals surface area contributed by atoms with Crippen molar-refractivity contribution < 1.29 is 9.18 Å². The van der Waals surface area contributed by atoms with Gasteiger partial charge >= 0.3 is 0 Å². The van der Waals surface area contributed by atoms with E-state index >= 15 is 0 Å². The lowest BCUT2D eigenvalue weighted by atomic mass is 10.1. The van der Waals surface area contributed by atoms with Crippen molar-refractivity contribution in [1.82, 2.24) is 0 Å². The van der Waals surface area contributed by atoms with Gasteiger partial charge in [0, 0.05) is 0 Å². The predicted octanol–water partition coefficient (Wildman–Crippen LogP) is 1.84. The minimum absolute atomic E-state index is 0.0659. The molecule has 0 fully saturated rings. The zero-order valence-corrected chi connectivity index (χ0v) is 6.46. The molecule has 1 aromatic rings. The summed E-state index contributed by atoms with van der Waals surface area (Å²) in [6.07, 6.45) is 0.488. The maximum absolute atomic E-state index is 12.7. The molecular formula is C9H8FNO. The smallest absolute Gasteiger partial charge is 0.153 e. The predicted molar refractivity (Wildman–Crippen MR) is 45.0 cm³/mol. The molecule has 0 bridgehead atoms. The third-order valence-electron chi connectivity index (χ3n) is 1.48. The van der Waals surface area contributed by atoms with E-state index in [1.165, 1.54) is 12.1 Å². The Balaban J connectivity index is 3.04. The van der Waals surface area contributed by atoms with Gasteiger partial charge in [0.15, 0.2) is 6.29 Å². The number of carbonyl (C=O) groups excluding carboxylic acids is 1. The van der Waals surface area contributed by atoms with E-state index in [0.29, 0.717) is 12.8 Å². The molecule has 62 valence electrons. The van der Waals surface area contributed by atoms with Crippen LogP contribution in [0.3, 0.4) is 0 Å². The van der Waals surface area contributed by atoms with Crippen molar-refractivity contribution in [3.8, 4) is 0 Å². The van der Waals surface area contributed by atoms with E-state index < -0.39 is 5.82 Å². The average molecular weight is 165 g/mol. The summed E-state index contributed by atoms with van der Waals surface area (Å²) in [5, 5.41) is 0. The van der Waals surface area contributed by atoms with Crippen LogP contribution in [0.4, 0.5) is 4.39 Å². The summed E-state index contributed by atoms with van der Waals surface area (Å²) in [5.74, 6) is -0.502. The molecule has 0 saturated carbocycles. The molecule has 0 saturated heterocycles. The van der Waals surface area contributed by atoms with Crippen LogP contribution >= 0.6 is 0 Å². The van der Waals surface area contributed by atoms with Crippen molar-refractivity contribution in [3.63, 3.8) is 0 Å². The van der Waals surface area contributed by atoms with Gasteiger partial charge < -0.3 is 0 Å². The van der Waals surface area contributed by atoms with Gasteiger partial charge in [-0.05, 0) is 24.4 Å². The molecule has 1 rings (SSSR count). The lowest BCUT2D eigenvalue weighted by Gasteiger charge is -1.98. The van der Waals surface area contributed by atoms with Crippen LogP contribution in [-0.4, -0.2) is 13.0 Å². The first-order valence-electron chi connectivity index (χ1n) is 3.44. The van der Waals surface area contributed by atoms with Gasteiger partial charge in [-0.1, -0.05) is 6.07 Å². The zero-order chi connectivity index (χ0) is 8.97. The largest absolute Gasteiger partial charge is 0.298 e. The molecule has 12 heavy (non-hydrogen) atoms. The highest BCUT2D eigenvalue weighted by Gasteiger charge is 2.00. The molecule has 0 N–H and O–H groups in total. The second-order valence-corrected chi connectivity index (χ2v) is 2.36. The Hall–Kier alpha value is -1.51. The second kappa shape index (κ2) is 3.76. The average Bonchev–Trinajstić information content (AvgIpc) is 2.09. The summed E-state index contributed by atoms with van der Waals surface area (Å²) in [5.41, 5.74) is 0.852. The molecule has 0 aliphatic rings. The number of aliphatic imine (C=N–C) groups is 1. The first-order valence-corrected chi connectivity index (χ1v) is 3.44. The number of nitrogens with zero attached hydrogens (tertiary/aromatic N) is 1. The van der Waals surface area contributed by atoms with E-state index in [9.17, 15) is 9.18 Å². The van der Waals surface area contributed by atoms with Crippen LogP contribution in [0.2, 0.25) is 0 Å². The third kappa shape index (κ3) is 1.75. The summed E-state index contributed by atoms with van der Waals surface area (Å²) in [6.45, 7) is 3.71. The molecule has 0 amide bonds. The Morgan fingerprint density at radius 3 is 2.92 bits per heavy atom. The first-order chi connectivity index (χ1) is 5.77. The highest BCUT2D eigenvalue weighted by molar-refractivity contribution is 5.75. The number of aldehydes is 1. The molecule has 0 atom stereocenters. The first kappa shape index (κ1) is 8.59. The maximum Gasteiger partial charge on any atom is 0.153 e. The Bertz CT molecular complexity index is 309. The monoisotopic (exact) mass is 165 g/mol. The van der Waals surface area contributed by atoms with E-state index in [0.717, 1.165) is 5.56 Å². The zero-order valence-electron chi connectivity index (χ0n) is 6.46. The van der Waals surface area contributed by atoms with Crippen LogP contribution in [-0.2, 0) is 6.54 Å². The molecule has 2 nitrogen and oxygen atoms in total. The lowest BCUT2D eigenvalue weighted by Crippen LogP contribution is -1.90. The summed E-state index contributed by atoms with van der Waals surface area (Å²) >= 11 is 0. The third-order valence-corrected chi connectivity index (χ3v) is 1.48. The van der Waals surface area contributed by atoms with Crippen molar-refractivity contribution in [3.05, 3.63) is 35.1 Å². The van der Waals surface area contributed by atoms with Gasteiger partial charge in [-0.15, -0.1) is 0 Å². The molecule has 0 aliphatic heterocycles. The highest BCUT2D eigenvalue weighted by atomic mass is 19.1. The highest BCUT2D eigenvalue weighted by Crippen LogP contribution is 2.08. The fraction of sp³-hybridized carbons (Fsp3) is 0.111. The quantitative estimate of drug-likeness (QED) is 0.496. The standard InChI is InChI=1S/C9H8FNO/c1-11-5-7-2-3-9(10)8(4-7)6-12/h2-4,6H,1,5H2. The summed E-state index contributed by atoms with van der Waals surface area (Å²) in [4.78, 5) is 13.9. The summed E-state index contributed by atoms with van der Waals surface area (Å²) in [6, 6.07) is 4.30. The van der Waals surface area contributed by atoms with Crippen LogP contribution in [0.1, 0.15) is 15.9 Å². The van der Waals surface area contributed by atoms with Gasteiger partial charge in [-0.25, -0.2) is 4.39 Å². The van der Waals surface area contributed by atoms with Gasteiger partial charge in [-0.2, -0.15) is 0 Å². The van der Waals surface area contributed by atoms with Crippen LogP contribution in [0, 0.1) is 5.82 Å². The minimum atomic E-state index is -0.502. The fourth-order valence-corrected chi connectivity index (χ4v) is 0.911.